The molecular weight excluding hydrogens is 753 g/mol. The van der Waals surface area contributed by atoms with Crippen LogP contribution >= 0.6 is 15.5 Å². The molecule has 4 rings (SSSR count). The number of H-pyrrole nitrogens is 1. The molecule has 296 valence electrons. The molecule has 0 amide bonds. The molecule has 3 N–H and O–H groups in total. The predicted octanol–water partition coefficient (Wildman–Crippen LogP) is 4.72. The quantitative estimate of drug-likeness (QED) is 0.117. The summed E-state index contributed by atoms with van der Waals surface area (Å²) in [5.74, 6) is -1.53. The average Bonchev–Trinajstić information content (AvgIpc) is 3.39. The van der Waals surface area contributed by atoms with Crippen LogP contribution < -0.4 is 30.5 Å². The lowest BCUT2D eigenvalue weighted by atomic mass is 10.1. The summed E-state index contributed by atoms with van der Waals surface area (Å²) in [6.07, 6.45) is -7.69. The minimum absolute atomic E-state index is 0.0103. The molecule has 0 aliphatic carbocycles. The Balaban J connectivity index is 1.72. The number of para-hydroxylation sites is 2. The molecule has 20 heteroatoms. The number of nitrogens with zero attached hydrogens (tertiary/aromatic N) is 1. The van der Waals surface area contributed by atoms with Gasteiger partial charge in [-0.2, -0.15) is 10.2 Å². The maximum atomic E-state index is 16.7. The van der Waals surface area contributed by atoms with E-state index in [-0.39, 0.29) is 17.1 Å². The molecule has 1 fully saturated rings. The first kappa shape index (κ1) is 42.6. The summed E-state index contributed by atoms with van der Waals surface area (Å²) >= 11 is 0. The highest BCUT2D eigenvalue weighted by Gasteiger charge is 2.52. The summed E-state index contributed by atoms with van der Waals surface area (Å²) in [5.41, 5.74) is -1.73. The predicted molar refractivity (Wildman–Crippen MR) is 193 cm³/mol. The van der Waals surface area contributed by atoms with Crippen molar-refractivity contribution in [1.29, 1.82) is 0 Å². The first-order valence-corrected chi connectivity index (χ1v) is 20.1. The van der Waals surface area contributed by atoms with Gasteiger partial charge in [0.2, 0.25) is 0 Å². The monoisotopic (exact) mass is 798 g/mol. The lowest BCUT2D eigenvalue weighted by Gasteiger charge is -2.29. The van der Waals surface area contributed by atoms with E-state index in [1.54, 1.807) is 64.1 Å². The molecule has 0 bridgehead atoms. The molecular formula is C34H45FN4O13P2. The molecule has 2 aromatic carbocycles. The molecule has 1 aliphatic rings. The molecule has 0 radical (unpaired) electrons. The Labute approximate surface area is 311 Å². The van der Waals surface area contributed by atoms with Gasteiger partial charge in [-0.05, 0) is 72.7 Å². The van der Waals surface area contributed by atoms with Gasteiger partial charge in [0.15, 0.2) is 12.4 Å². The number of hydrogen-bond donors (Lipinski definition) is 3. The Morgan fingerprint density at radius 1 is 0.833 bits per heavy atom. The number of hydrogen-bond acceptors (Lipinski definition) is 13. The van der Waals surface area contributed by atoms with E-state index in [9.17, 15) is 28.3 Å². The van der Waals surface area contributed by atoms with Gasteiger partial charge in [-0.3, -0.25) is 33.0 Å². The highest BCUT2D eigenvalue weighted by Crippen LogP contribution is 2.51. The summed E-state index contributed by atoms with van der Waals surface area (Å²) < 4.78 is 85.6. The van der Waals surface area contributed by atoms with Crippen LogP contribution in [0.2, 0.25) is 0 Å². The molecule has 3 aromatic rings. The summed E-state index contributed by atoms with van der Waals surface area (Å²) in [6, 6.07) is 12.9. The highest BCUT2D eigenvalue weighted by molar-refractivity contribution is 7.52. The molecule has 8 atom stereocenters. The number of rotatable bonds is 18. The van der Waals surface area contributed by atoms with Crippen molar-refractivity contribution in [1.82, 2.24) is 19.7 Å². The maximum Gasteiger partial charge on any atom is 0.459 e. The van der Waals surface area contributed by atoms with E-state index in [1.165, 1.54) is 45.0 Å². The standard InChI is InChI=1S/C34H45FN4O13P2/c1-20(2)47-32(41)23(6)37-53(44,50-25-14-10-8-11-15-25)46-19-27-29(28(35)31(49-27)39-18-22(5)30(40)36-34(39)43)52-54(45,51-26-16-12-9-13-17-26)38-24(7)33(42)48-21(3)4/h8-18,20-21,23-24,27-29,31H,19H2,1-7H3,(H,37,44)(H,38,45)(H,36,40,43)/t23-,24-,27-,28?,29+,31-,53?,54?/m0/s1. The van der Waals surface area contributed by atoms with Gasteiger partial charge >= 0.3 is 33.1 Å². The molecule has 1 aromatic heterocycles. The van der Waals surface area contributed by atoms with E-state index >= 15 is 4.39 Å². The lowest BCUT2D eigenvalue weighted by molar-refractivity contribution is -0.150. The van der Waals surface area contributed by atoms with Crippen LogP contribution in [0.25, 0.3) is 0 Å². The van der Waals surface area contributed by atoms with Crippen LogP contribution in [-0.4, -0.2) is 70.8 Å². The van der Waals surface area contributed by atoms with E-state index in [0.717, 1.165) is 10.8 Å². The minimum Gasteiger partial charge on any atom is -0.462 e. The second-order valence-electron chi connectivity index (χ2n) is 12.8. The normalized spacial score (nSPS) is 21.8. The summed E-state index contributed by atoms with van der Waals surface area (Å²) in [4.78, 5) is 52.5. The Bertz CT molecular complexity index is 1950. The first-order valence-electron chi connectivity index (χ1n) is 17.0. The van der Waals surface area contributed by atoms with Gasteiger partial charge in [0.05, 0.1) is 18.8 Å². The fourth-order valence-corrected chi connectivity index (χ4v) is 8.15. The first-order chi connectivity index (χ1) is 25.4. The van der Waals surface area contributed by atoms with Crippen molar-refractivity contribution >= 4 is 27.4 Å². The van der Waals surface area contributed by atoms with Gasteiger partial charge in [0, 0.05) is 11.8 Å². The number of benzene rings is 2. The van der Waals surface area contributed by atoms with Crippen LogP contribution in [0, 0.1) is 6.92 Å². The van der Waals surface area contributed by atoms with Crippen molar-refractivity contribution in [3.05, 3.63) is 93.3 Å². The third-order valence-corrected chi connectivity index (χ3v) is 10.7. The number of aryl methyl sites for hydroxylation is 1. The van der Waals surface area contributed by atoms with E-state index in [1.807, 2.05) is 0 Å². The van der Waals surface area contributed by atoms with Crippen LogP contribution in [0.4, 0.5) is 4.39 Å². The number of alkyl halides is 1. The number of ether oxygens (including phenoxy) is 3. The Kier molecular flexibility index (Phi) is 14.6. The van der Waals surface area contributed by atoms with E-state index in [2.05, 4.69) is 15.2 Å². The van der Waals surface area contributed by atoms with Gasteiger partial charge in [0.25, 0.3) is 5.56 Å². The van der Waals surface area contributed by atoms with E-state index in [0.29, 0.717) is 0 Å². The highest BCUT2D eigenvalue weighted by atomic mass is 31.2. The second-order valence-corrected chi connectivity index (χ2v) is 16.2. The van der Waals surface area contributed by atoms with Gasteiger partial charge in [-0.25, -0.2) is 18.3 Å². The number of nitrogens with one attached hydrogen (secondary N) is 3. The smallest absolute Gasteiger partial charge is 0.459 e. The summed E-state index contributed by atoms with van der Waals surface area (Å²) in [7, 11) is -9.35. The van der Waals surface area contributed by atoms with Gasteiger partial charge in [-0.15, -0.1) is 0 Å². The summed E-state index contributed by atoms with van der Waals surface area (Å²) in [6.45, 7) is 9.72. The van der Waals surface area contributed by atoms with E-state index < -0.39 is 94.2 Å². The minimum atomic E-state index is -4.78. The zero-order chi connectivity index (χ0) is 39.8. The maximum absolute atomic E-state index is 16.7. The van der Waals surface area contributed by atoms with Gasteiger partial charge < -0.3 is 23.3 Å². The Morgan fingerprint density at radius 2 is 1.31 bits per heavy atom. The SMILES string of the molecule is Cc1cn([C@H]2O[C@@H](COP(=O)(N[C@@H](C)C(=O)OC(C)C)Oc3ccccc3)[C@@H](OP(=O)(N[C@@H](C)C(=O)OC(C)C)Oc3ccccc3)C2F)c(=O)[nH]c1=O. The molecule has 1 saturated heterocycles. The van der Waals surface area contributed by atoms with Crippen molar-refractivity contribution in [3.63, 3.8) is 0 Å². The molecule has 54 heavy (non-hydrogen) atoms. The largest absolute Gasteiger partial charge is 0.462 e. The van der Waals surface area contributed by atoms with Crippen molar-refractivity contribution < 1.29 is 55.4 Å². The molecule has 0 saturated carbocycles. The molecule has 3 unspecified atom stereocenters. The van der Waals surface area contributed by atoms with Crippen molar-refractivity contribution in [2.24, 2.45) is 0 Å². The number of esters is 2. The zero-order valence-electron chi connectivity index (χ0n) is 30.7. The average molecular weight is 799 g/mol. The Morgan fingerprint density at radius 3 is 1.81 bits per heavy atom. The number of carbonyl (C=O) groups is 2. The van der Waals surface area contributed by atoms with Crippen molar-refractivity contribution in [2.75, 3.05) is 6.61 Å². The summed E-state index contributed by atoms with van der Waals surface area (Å²) in [5, 5.41) is 4.98. The van der Waals surface area contributed by atoms with Crippen LogP contribution in [0.5, 0.6) is 11.5 Å². The molecule has 0 spiro atoms. The number of aromatic nitrogens is 2. The second kappa shape index (κ2) is 18.5. The third kappa shape index (κ3) is 11.7. The number of carbonyl (C=O) groups excluding carboxylic acids is 2. The van der Waals surface area contributed by atoms with Crippen LogP contribution in [0.1, 0.15) is 53.3 Å². The molecule has 2 heterocycles. The fraction of sp³-hybridized carbons (Fsp3) is 0.471. The molecule has 1 aliphatic heterocycles. The van der Waals surface area contributed by atoms with Crippen molar-refractivity contribution in [3.8, 4) is 11.5 Å². The van der Waals surface area contributed by atoms with Crippen LogP contribution in [0.3, 0.4) is 0 Å². The number of halogens is 1. The van der Waals surface area contributed by atoms with Gasteiger partial charge in [0.1, 0.15) is 35.8 Å². The van der Waals surface area contributed by atoms with Crippen LogP contribution in [0.15, 0.2) is 76.4 Å². The van der Waals surface area contributed by atoms with Gasteiger partial charge in [-0.1, -0.05) is 36.4 Å². The zero-order valence-corrected chi connectivity index (χ0v) is 32.5. The lowest BCUT2D eigenvalue weighted by Crippen LogP contribution is -2.41. The third-order valence-electron chi connectivity index (χ3n) is 7.41. The number of aromatic amines is 1. The molecule has 17 nitrogen and oxygen atoms in total. The van der Waals surface area contributed by atoms with E-state index in [4.69, 9.17) is 32.3 Å². The van der Waals surface area contributed by atoms with Crippen LogP contribution in [-0.2, 0) is 42.0 Å². The topological polar surface area (TPSA) is 212 Å². The van der Waals surface area contributed by atoms with Crippen molar-refractivity contribution in [2.45, 2.75) is 97.4 Å². The fourth-order valence-electron chi connectivity index (χ4n) is 4.94. The Hall–Kier alpha value is -4.15.